The summed E-state index contributed by atoms with van der Waals surface area (Å²) in [6, 6.07) is 8.11. The molecule has 0 radical (unpaired) electrons. The minimum absolute atomic E-state index is 0.130. The van der Waals surface area contributed by atoms with E-state index in [1.807, 2.05) is 18.2 Å². The number of amides is 1. The summed E-state index contributed by atoms with van der Waals surface area (Å²) in [6.07, 6.45) is 4.13. The Morgan fingerprint density at radius 1 is 1.47 bits per heavy atom. The van der Waals surface area contributed by atoms with Crippen molar-refractivity contribution in [1.82, 2.24) is 10.6 Å². The predicted molar refractivity (Wildman–Crippen MR) is 86.1 cm³/mol. The molecule has 1 aromatic carbocycles. The van der Waals surface area contributed by atoms with Crippen LogP contribution in [0.15, 0.2) is 24.3 Å². The second-order valence-electron chi connectivity index (χ2n) is 5.16. The van der Waals surface area contributed by atoms with Crippen molar-refractivity contribution in [2.45, 2.75) is 25.7 Å². The van der Waals surface area contributed by atoms with Gasteiger partial charge in [-0.2, -0.15) is 0 Å². The smallest absolute Gasteiger partial charge is 0.224 e. The van der Waals surface area contributed by atoms with Crippen LogP contribution in [0.3, 0.4) is 0 Å². The maximum absolute atomic E-state index is 11.8. The van der Waals surface area contributed by atoms with E-state index in [1.54, 1.807) is 0 Å². The van der Waals surface area contributed by atoms with E-state index in [0.717, 1.165) is 37.5 Å². The Balaban J connectivity index is 1.67. The molecule has 2 N–H and O–H groups in total. The molecule has 1 atom stereocenters. The van der Waals surface area contributed by atoms with Gasteiger partial charge in [-0.25, -0.2) is 0 Å². The third-order valence-electron chi connectivity index (χ3n) is 3.53. The van der Waals surface area contributed by atoms with Crippen LogP contribution < -0.4 is 10.6 Å². The summed E-state index contributed by atoms with van der Waals surface area (Å²) in [6.45, 7) is 3.05. The number of carbonyl (C=O) groups is 1. The van der Waals surface area contributed by atoms with Crippen LogP contribution in [0.4, 0.5) is 0 Å². The zero-order valence-corrected chi connectivity index (χ0v) is 13.3. The molecular formula is C15H21IN2O. The molecule has 1 aliphatic heterocycles. The van der Waals surface area contributed by atoms with Crippen molar-refractivity contribution < 1.29 is 4.79 Å². The highest BCUT2D eigenvalue weighted by Gasteiger charge is 2.12. The minimum Gasteiger partial charge on any atom is -0.356 e. The highest BCUT2D eigenvalue weighted by Crippen LogP contribution is 2.13. The summed E-state index contributed by atoms with van der Waals surface area (Å²) in [5.41, 5.74) is 1.09. The summed E-state index contributed by atoms with van der Waals surface area (Å²) in [7, 11) is 0. The Bertz CT molecular complexity index is 416. The largest absolute Gasteiger partial charge is 0.356 e. The van der Waals surface area contributed by atoms with Crippen LogP contribution >= 0.6 is 22.6 Å². The summed E-state index contributed by atoms with van der Waals surface area (Å²) >= 11 is 2.27. The van der Waals surface area contributed by atoms with Gasteiger partial charge in [0.1, 0.15) is 0 Å². The quantitative estimate of drug-likeness (QED) is 0.780. The van der Waals surface area contributed by atoms with Gasteiger partial charge in [0.15, 0.2) is 0 Å². The van der Waals surface area contributed by atoms with Gasteiger partial charge in [0, 0.05) is 10.1 Å². The average molecular weight is 372 g/mol. The zero-order chi connectivity index (χ0) is 13.5. The fourth-order valence-electron chi connectivity index (χ4n) is 2.48. The number of benzene rings is 1. The Hall–Kier alpha value is -0.620. The van der Waals surface area contributed by atoms with E-state index in [0.29, 0.717) is 6.42 Å². The second kappa shape index (κ2) is 7.85. The number of hydrogen-bond donors (Lipinski definition) is 2. The van der Waals surface area contributed by atoms with Crippen LogP contribution in [0, 0.1) is 9.49 Å². The van der Waals surface area contributed by atoms with Crippen LogP contribution in [0.5, 0.6) is 0 Å². The molecule has 0 saturated carbocycles. The molecular weight excluding hydrogens is 351 g/mol. The Kier molecular flexibility index (Phi) is 6.10. The van der Waals surface area contributed by atoms with Crippen molar-refractivity contribution in [2.24, 2.45) is 5.92 Å². The van der Waals surface area contributed by atoms with Gasteiger partial charge in [-0.1, -0.05) is 12.1 Å². The van der Waals surface area contributed by atoms with E-state index in [-0.39, 0.29) is 5.91 Å². The predicted octanol–water partition coefficient (Wildman–Crippen LogP) is 2.34. The first-order valence-corrected chi connectivity index (χ1v) is 8.04. The summed E-state index contributed by atoms with van der Waals surface area (Å²) < 4.78 is 1.18. The third kappa shape index (κ3) is 5.48. The van der Waals surface area contributed by atoms with Gasteiger partial charge < -0.3 is 10.6 Å². The molecule has 0 aromatic heterocycles. The number of rotatable bonds is 5. The second-order valence-corrected chi connectivity index (χ2v) is 6.40. The van der Waals surface area contributed by atoms with Crippen molar-refractivity contribution in [3.05, 3.63) is 33.4 Å². The number of piperidine rings is 1. The van der Waals surface area contributed by atoms with Gasteiger partial charge in [-0.05, 0) is 78.6 Å². The Morgan fingerprint density at radius 3 is 3.11 bits per heavy atom. The van der Waals surface area contributed by atoms with Crippen molar-refractivity contribution in [3.8, 4) is 0 Å². The minimum atomic E-state index is 0.130. The van der Waals surface area contributed by atoms with Gasteiger partial charge in [-0.15, -0.1) is 0 Å². The van der Waals surface area contributed by atoms with E-state index in [4.69, 9.17) is 0 Å². The lowest BCUT2D eigenvalue weighted by molar-refractivity contribution is -0.120. The molecule has 0 bridgehead atoms. The monoisotopic (exact) mass is 372 g/mol. The fourth-order valence-corrected chi connectivity index (χ4v) is 3.09. The first-order valence-electron chi connectivity index (χ1n) is 6.96. The Labute approximate surface area is 128 Å². The molecule has 1 aliphatic rings. The number of carbonyl (C=O) groups excluding carboxylic acids is 1. The van der Waals surface area contributed by atoms with Crippen LogP contribution in [0.25, 0.3) is 0 Å². The molecule has 4 heteroatoms. The molecule has 1 fully saturated rings. The summed E-state index contributed by atoms with van der Waals surface area (Å²) in [4.78, 5) is 11.8. The van der Waals surface area contributed by atoms with E-state index in [2.05, 4.69) is 39.3 Å². The van der Waals surface area contributed by atoms with Gasteiger partial charge in [0.2, 0.25) is 5.91 Å². The van der Waals surface area contributed by atoms with E-state index >= 15 is 0 Å². The standard InChI is InChI=1S/C15H21IN2O/c16-14-5-1-3-13(9-14)10-15(19)18-8-6-12-4-2-7-17-11-12/h1,3,5,9,12,17H,2,4,6-8,10-11H2,(H,18,19). The molecule has 0 aliphatic carbocycles. The molecule has 1 unspecified atom stereocenters. The molecule has 3 nitrogen and oxygen atoms in total. The average Bonchev–Trinajstić information content (AvgIpc) is 2.40. The molecule has 1 heterocycles. The molecule has 2 rings (SSSR count). The maximum atomic E-state index is 11.8. The Morgan fingerprint density at radius 2 is 2.37 bits per heavy atom. The molecule has 0 spiro atoms. The van der Waals surface area contributed by atoms with Crippen LogP contribution in [0.2, 0.25) is 0 Å². The topological polar surface area (TPSA) is 41.1 Å². The van der Waals surface area contributed by atoms with Gasteiger partial charge in [0.25, 0.3) is 0 Å². The summed E-state index contributed by atoms with van der Waals surface area (Å²) in [5, 5.41) is 6.43. The molecule has 1 aromatic rings. The van der Waals surface area contributed by atoms with Crippen molar-refractivity contribution in [2.75, 3.05) is 19.6 Å². The van der Waals surface area contributed by atoms with Crippen LogP contribution in [-0.2, 0) is 11.2 Å². The SMILES string of the molecule is O=C(Cc1cccc(I)c1)NCCC1CCCNC1. The lowest BCUT2D eigenvalue weighted by Gasteiger charge is -2.22. The molecule has 1 amide bonds. The normalized spacial score (nSPS) is 19.1. The van der Waals surface area contributed by atoms with E-state index < -0.39 is 0 Å². The fraction of sp³-hybridized carbons (Fsp3) is 0.533. The number of hydrogen-bond acceptors (Lipinski definition) is 2. The van der Waals surface area contributed by atoms with Gasteiger partial charge >= 0.3 is 0 Å². The van der Waals surface area contributed by atoms with Crippen molar-refractivity contribution in [3.63, 3.8) is 0 Å². The van der Waals surface area contributed by atoms with Gasteiger partial charge in [0.05, 0.1) is 6.42 Å². The van der Waals surface area contributed by atoms with Crippen LogP contribution in [-0.4, -0.2) is 25.5 Å². The first kappa shape index (κ1) is 14.8. The van der Waals surface area contributed by atoms with Crippen molar-refractivity contribution in [1.29, 1.82) is 0 Å². The highest BCUT2D eigenvalue weighted by molar-refractivity contribution is 14.1. The lowest BCUT2D eigenvalue weighted by Crippen LogP contribution is -2.33. The zero-order valence-electron chi connectivity index (χ0n) is 11.1. The highest BCUT2D eigenvalue weighted by atomic mass is 127. The lowest BCUT2D eigenvalue weighted by atomic mass is 9.96. The van der Waals surface area contributed by atoms with Gasteiger partial charge in [-0.3, -0.25) is 4.79 Å². The van der Waals surface area contributed by atoms with E-state index in [1.165, 1.54) is 16.4 Å². The third-order valence-corrected chi connectivity index (χ3v) is 4.20. The summed E-state index contributed by atoms with van der Waals surface area (Å²) in [5.74, 6) is 0.859. The maximum Gasteiger partial charge on any atom is 0.224 e. The number of halogens is 1. The molecule has 19 heavy (non-hydrogen) atoms. The van der Waals surface area contributed by atoms with Crippen LogP contribution in [0.1, 0.15) is 24.8 Å². The molecule has 104 valence electrons. The van der Waals surface area contributed by atoms with Crippen molar-refractivity contribution >= 4 is 28.5 Å². The first-order chi connectivity index (χ1) is 9.24. The van der Waals surface area contributed by atoms with E-state index in [9.17, 15) is 4.79 Å². The molecule has 1 saturated heterocycles. The number of nitrogens with one attached hydrogen (secondary N) is 2.